The molecule has 2 aromatic carbocycles. The number of alkyl halides is 1. The summed E-state index contributed by atoms with van der Waals surface area (Å²) in [6.07, 6.45) is 0. The summed E-state index contributed by atoms with van der Waals surface area (Å²) < 4.78 is 15.8. The van der Waals surface area contributed by atoms with Gasteiger partial charge in [0.1, 0.15) is 35.3 Å². The molecule has 2 atom stereocenters. The lowest BCUT2D eigenvalue weighted by atomic mass is 10.1. The molecule has 3 rings (SSSR count). The number of benzene rings is 2. The van der Waals surface area contributed by atoms with Gasteiger partial charge in [-0.25, -0.2) is 4.79 Å². The number of carbonyl (C=O) groups is 4. The maximum absolute atomic E-state index is 13.0. The zero-order valence-electron chi connectivity index (χ0n) is 20.0. The van der Waals surface area contributed by atoms with Gasteiger partial charge in [-0.05, 0) is 42.0 Å². The average Bonchev–Trinajstić information content (AvgIpc) is 2.95. The number of hydrogen-bond acceptors (Lipinski definition) is 10. The Balaban J connectivity index is 1.68. The van der Waals surface area contributed by atoms with Gasteiger partial charge in [0.05, 0.1) is 24.1 Å². The Morgan fingerprint density at radius 3 is 2.61 bits per heavy atom. The molecule has 0 bridgehead atoms. The van der Waals surface area contributed by atoms with Gasteiger partial charge < -0.3 is 24.6 Å². The minimum Gasteiger partial charge on any atom is -0.509 e. The number of ether oxygens (including phenoxy) is 3. The molecule has 1 heterocycles. The van der Waals surface area contributed by atoms with Gasteiger partial charge in [-0.3, -0.25) is 19.3 Å². The molecule has 198 valence electrons. The van der Waals surface area contributed by atoms with E-state index in [1.807, 2.05) is 6.07 Å². The Labute approximate surface area is 230 Å². The van der Waals surface area contributed by atoms with E-state index < -0.39 is 47.3 Å². The number of hydrogen-bond donors (Lipinski definition) is 2. The number of rotatable bonds is 12. The highest BCUT2D eigenvalue weighted by molar-refractivity contribution is 9.09. The first-order valence-corrected chi connectivity index (χ1v) is 13.0. The number of β-lactam (4-membered cyclic amide) rings is 1. The third-order valence-corrected chi connectivity index (χ3v) is 6.65. The van der Waals surface area contributed by atoms with Crippen molar-refractivity contribution >= 4 is 51.1 Å². The van der Waals surface area contributed by atoms with Gasteiger partial charge in [-0.2, -0.15) is 5.26 Å². The van der Waals surface area contributed by atoms with Gasteiger partial charge >= 0.3 is 5.97 Å². The fourth-order valence-electron chi connectivity index (χ4n) is 3.42. The lowest BCUT2D eigenvalue weighted by Crippen LogP contribution is -2.70. The van der Waals surface area contributed by atoms with Crippen molar-refractivity contribution in [3.63, 3.8) is 0 Å². The molecule has 0 radical (unpaired) electrons. The monoisotopic (exact) mass is 603 g/mol. The molecule has 1 aliphatic rings. The molecule has 38 heavy (non-hydrogen) atoms. The summed E-state index contributed by atoms with van der Waals surface area (Å²) >= 11 is 3.70. The largest absolute Gasteiger partial charge is 0.509 e. The predicted octanol–water partition coefficient (Wildman–Crippen LogP) is 2.43. The minimum atomic E-state index is -1.16. The standard InChI is InChI=1S/C25H22BrN3O8S/c1-35-18-4-2-3-16(9-18)12-37-25(34)22(19(31)10-26)29-23(33)21(24(29)38-14-30)28-20(32)13-36-17-7-5-15(11-27)6-8-17/h2-9,14,21,24,31H,10,12-13H2,1H3,(H,28,32). The summed E-state index contributed by atoms with van der Waals surface area (Å²) in [5.74, 6) is -1.97. The van der Waals surface area contributed by atoms with E-state index in [2.05, 4.69) is 21.2 Å². The number of thioether (sulfide) groups is 1. The van der Waals surface area contributed by atoms with Crippen LogP contribution in [0.1, 0.15) is 11.1 Å². The molecule has 2 N–H and O–H groups in total. The van der Waals surface area contributed by atoms with E-state index in [-0.39, 0.29) is 11.9 Å². The van der Waals surface area contributed by atoms with Gasteiger partial charge in [-0.15, -0.1) is 0 Å². The van der Waals surface area contributed by atoms with Crippen LogP contribution in [-0.4, -0.2) is 63.9 Å². The van der Waals surface area contributed by atoms with Crippen LogP contribution in [0.2, 0.25) is 0 Å². The van der Waals surface area contributed by atoms with Crippen LogP contribution in [0.3, 0.4) is 0 Å². The summed E-state index contributed by atoms with van der Waals surface area (Å²) in [6.45, 7) is -0.610. The van der Waals surface area contributed by atoms with E-state index >= 15 is 0 Å². The molecule has 2 unspecified atom stereocenters. The van der Waals surface area contributed by atoms with E-state index in [9.17, 15) is 24.3 Å². The van der Waals surface area contributed by atoms with Gasteiger partial charge in [0, 0.05) is 0 Å². The molecular formula is C25H22BrN3O8S. The number of nitriles is 1. The Bertz CT molecular complexity index is 1280. The number of methoxy groups -OCH3 is 1. The molecule has 2 aromatic rings. The van der Waals surface area contributed by atoms with Crippen LogP contribution >= 0.6 is 27.7 Å². The van der Waals surface area contributed by atoms with Gasteiger partial charge in [0.15, 0.2) is 17.9 Å². The zero-order chi connectivity index (χ0) is 27.7. The van der Waals surface area contributed by atoms with Crippen LogP contribution in [-0.2, 0) is 30.5 Å². The second kappa shape index (κ2) is 13.5. The van der Waals surface area contributed by atoms with Gasteiger partial charge in [0.25, 0.3) is 11.8 Å². The van der Waals surface area contributed by atoms with Crippen LogP contribution in [0.25, 0.3) is 0 Å². The van der Waals surface area contributed by atoms with E-state index in [4.69, 9.17) is 19.5 Å². The number of amides is 2. The zero-order valence-corrected chi connectivity index (χ0v) is 22.4. The third kappa shape index (κ3) is 6.84. The van der Waals surface area contributed by atoms with Crippen molar-refractivity contribution in [2.24, 2.45) is 0 Å². The van der Waals surface area contributed by atoms with E-state index in [0.29, 0.717) is 40.0 Å². The summed E-state index contributed by atoms with van der Waals surface area (Å²) in [7, 11) is 1.49. The molecular weight excluding hydrogens is 582 g/mol. The summed E-state index contributed by atoms with van der Waals surface area (Å²) in [6, 6.07) is 13.7. The Kier molecular flexibility index (Phi) is 10.1. The lowest BCUT2D eigenvalue weighted by Gasteiger charge is -2.45. The fourth-order valence-corrected chi connectivity index (χ4v) is 4.47. The van der Waals surface area contributed by atoms with Crippen LogP contribution in [0, 0.1) is 11.3 Å². The first-order valence-electron chi connectivity index (χ1n) is 11.0. The molecule has 0 aromatic heterocycles. The SMILES string of the molecule is COc1cccc(COC(=O)C(=C(O)CBr)N2C(=O)C(NC(=O)COc3ccc(C#N)cc3)C2SC=O)c1. The third-order valence-electron chi connectivity index (χ3n) is 5.25. The van der Waals surface area contributed by atoms with E-state index in [0.717, 1.165) is 4.90 Å². The lowest BCUT2D eigenvalue weighted by molar-refractivity contribution is -0.153. The number of nitrogens with one attached hydrogen (secondary N) is 1. The smallest absolute Gasteiger partial charge is 0.358 e. The second-order valence-corrected chi connectivity index (χ2v) is 9.17. The average molecular weight is 604 g/mol. The predicted molar refractivity (Wildman–Crippen MR) is 140 cm³/mol. The molecule has 1 fully saturated rings. The molecule has 0 saturated carbocycles. The number of halogens is 1. The summed E-state index contributed by atoms with van der Waals surface area (Å²) in [4.78, 5) is 50.5. The normalized spacial score (nSPS) is 16.9. The minimum absolute atomic E-state index is 0.171. The number of likely N-dealkylation sites (tertiary alicyclic amines) is 1. The molecule has 13 heteroatoms. The summed E-state index contributed by atoms with van der Waals surface area (Å²) in [5.41, 5.74) is 1.04. The number of nitrogens with zero attached hydrogens (tertiary/aromatic N) is 2. The number of aliphatic hydroxyl groups excluding tert-OH is 1. The van der Waals surface area contributed by atoms with Gasteiger partial charge in [0.2, 0.25) is 0 Å². The van der Waals surface area contributed by atoms with Crippen molar-refractivity contribution in [2.75, 3.05) is 19.0 Å². The van der Waals surface area contributed by atoms with Gasteiger partial charge in [-0.1, -0.05) is 39.8 Å². The highest BCUT2D eigenvalue weighted by Crippen LogP contribution is 2.34. The quantitative estimate of drug-likeness (QED) is 0.0922. The van der Waals surface area contributed by atoms with Crippen molar-refractivity contribution in [3.05, 3.63) is 71.1 Å². The van der Waals surface area contributed by atoms with E-state index in [1.54, 1.807) is 24.3 Å². The molecule has 11 nitrogen and oxygen atoms in total. The molecule has 0 aliphatic carbocycles. The summed E-state index contributed by atoms with van der Waals surface area (Å²) in [5, 5.41) is 20.6. The first-order chi connectivity index (χ1) is 18.3. The molecule has 0 spiro atoms. The molecule has 1 aliphatic heterocycles. The molecule has 1 saturated heterocycles. The topological polar surface area (TPSA) is 155 Å². The van der Waals surface area contributed by atoms with Crippen LogP contribution in [0.5, 0.6) is 11.5 Å². The second-order valence-electron chi connectivity index (χ2n) is 7.66. The van der Waals surface area contributed by atoms with E-state index in [1.165, 1.54) is 31.4 Å². The Morgan fingerprint density at radius 1 is 1.24 bits per heavy atom. The number of carbonyl (C=O) groups excluding carboxylic acids is 4. The highest BCUT2D eigenvalue weighted by atomic mass is 79.9. The number of aliphatic hydroxyl groups is 1. The first kappa shape index (κ1) is 28.5. The molecule has 2 amide bonds. The Morgan fingerprint density at radius 2 is 1.97 bits per heavy atom. The van der Waals surface area contributed by atoms with Crippen LogP contribution in [0.15, 0.2) is 60.0 Å². The van der Waals surface area contributed by atoms with Crippen molar-refractivity contribution in [1.29, 1.82) is 5.26 Å². The number of allylic oxidation sites excluding steroid dienone is 1. The van der Waals surface area contributed by atoms with Crippen molar-refractivity contribution in [1.82, 2.24) is 10.2 Å². The van der Waals surface area contributed by atoms with Crippen LogP contribution in [0.4, 0.5) is 0 Å². The fraction of sp³-hybridized carbons (Fsp3) is 0.240. The van der Waals surface area contributed by atoms with Crippen LogP contribution < -0.4 is 14.8 Å². The van der Waals surface area contributed by atoms with Crippen molar-refractivity contribution in [3.8, 4) is 17.6 Å². The number of esters is 1. The van der Waals surface area contributed by atoms with Crippen molar-refractivity contribution in [2.45, 2.75) is 18.0 Å². The maximum Gasteiger partial charge on any atom is 0.358 e. The Hall–Kier alpha value is -4.02. The maximum atomic E-state index is 13.0. The van der Waals surface area contributed by atoms with Crippen molar-refractivity contribution < 1.29 is 38.5 Å². The highest BCUT2D eigenvalue weighted by Gasteiger charge is 2.53.